The molecule has 0 spiro atoms. The lowest BCUT2D eigenvalue weighted by Gasteiger charge is -2.13. The first-order chi connectivity index (χ1) is 12.5. The number of carbonyl (C=O) groups excluding carboxylic acids is 1. The average Bonchev–Trinajstić information content (AvgIpc) is 2.92. The number of carbonyl (C=O) groups is 1. The number of hydrogen-bond donors (Lipinski definition) is 1. The zero-order chi connectivity index (χ0) is 18.1. The van der Waals surface area contributed by atoms with Crippen LogP contribution < -0.4 is 10.1 Å². The van der Waals surface area contributed by atoms with Gasteiger partial charge in [0.05, 0.1) is 16.7 Å². The normalized spacial score (nSPS) is 15.6. The van der Waals surface area contributed by atoms with E-state index in [1.54, 1.807) is 0 Å². The molecule has 26 heavy (non-hydrogen) atoms. The van der Waals surface area contributed by atoms with Gasteiger partial charge in [0.1, 0.15) is 12.4 Å². The highest BCUT2D eigenvalue weighted by molar-refractivity contribution is 6.22. The molecule has 1 N–H and O–H groups in total. The van der Waals surface area contributed by atoms with Crippen LogP contribution in [-0.2, 0) is 11.4 Å². The fourth-order valence-corrected chi connectivity index (χ4v) is 3.11. The third-order valence-electron chi connectivity index (χ3n) is 4.39. The largest absolute Gasteiger partial charge is 0.487 e. The minimum atomic E-state index is -0.302. The van der Waals surface area contributed by atoms with Gasteiger partial charge in [0.15, 0.2) is 0 Å². The topological polar surface area (TPSA) is 51.2 Å². The molecule has 0 aliphatic carbocycles. The van der Waals surface area contributed by atoms with E-state index in [-0.39, 0.29) is 11.4 Å². The molecule has 3 aromatic rings. The molecule has 0 unspecified atom stereocenters. The predicted octanol–water partition coefficient (Wildman–Crippen LogP) is 4.11. The zero-order valence-corrected chi connectivity index (χ0v) is 14.8. The maximum Gasteiger partial charge on any atom is 0.252 e. The summed E-state index contributed by atoms with van der Waals surface area (Å²) >= 11 is 0. The van der Waals surface area contributed by atoms with Gasteiger partial charge in [0.25, 0.3) is 5.91 Å². The number of nitrogens with one attached hydrogen (secondary N) is 1. The Kier molecular flexibility index (Phi) is 3.96. The second kappa shape index (κ2) is 6.30. The van der Waals surface area contributed by atoms with Crippen LogP contribution in [0.5, 0.6) is 5.75 Å². The number of hydrogen-bond acceptors (Lipinski definition) is 3. The highest BCUT2D eigenvalue weighted by Gasteiger charge is 2.29. The summed E-state index contributed by atoms with van der Waals surface area (Å²) in [6.45, 7) is 4.36. The molecule has 0 saturated heterocycles. The summed E-state index contributed by atoms with van der Waals surface area (Å²) in [7, 11) is 0. The monoisotopic (exact) mass is 344 g/mol. The van der Waals surface area contributed by atoms with E-state index in [1.807, 2.05) is 74.5 Å². The van der Waals surface area contributed by atoms with Crippen LogP contribution in [0.1, 0.15) is 25.1 Å². The Morgan fingerprint density at radius 2 is 1.77 bits per heavy atom. The van der Waals surface area contributed by atoms with E-state index >= 15 is 0 Å². The van der Waals surface area contributed by atoms with Gasteiger partial charge in [-0.1, -0.05) is 36.4 Å². The number of ether oxygens (including phenoxy) is 1. The van der Waals surface area contributed by atoms with Crippen molar-refractivity contribution in [2.75, 3.05) is 0 Å². The molecule has 4 nitrogen and oxygen atoms in total. The van der Waals surface area contributed by atoms with Crippen molar-refractivity contribution in [3.63, 3.8) is 0 Å². The highest BCUT2D eigenvalue weighted by Crippen LogP contribution is 2.27. The van der Waals surface area contributed by atoms with Crippen LogP contribution in [0, 0.1) is 0 Å². The molecule has 1 aliphatic heterocycles. The Balaban J connectivity index is 1.46. The number of rotatable bonds is 4. The van der Waals surface area contributed by atoms with Gasteiger partial charge in [0, 0.05) is 11.0 Å². The number of amides is 1. The summed E-state index contributed by atoms with van der Waals surface area (Å²) in [6, 6.07) is 19.6. The van der Waals surface area contributed by atoms with Gasteiger partial charge >= 0.3 is 0 Å². The summed E-state index contributed by atoms with van der Waals surface area (Å²) in [5, 5.41) is 4.06. The summed E-state index contributed by atoms with van der Waals surface area (Å²) in [5.74, 6) is 0.714. The number of para-hydroxylation sites is 1. The summed E-state index contributed by atoms with van der Waals surface area (Å²) in [5.41, 5.74) is 3.14. The second-order valence-corrected chi connectivity index (χ2v) is 7.04. The van der Waals surface area contributed by atoms with Crippen LogP contribution in [0.4, 0.5) is 0 Å². The molecule has 0 saturated carbocycles. The van der Waals surface area contributed by atoms with E-state index in [9.17, 15) is 4.79 Å². The SMILES string of the molecule is CC1(C)C=C(c2ccc(OCc3ccc4ccccc4n3)cc2)C(=O)N1. The number of benzene rings is 2. The molecular formula is C22H20N2O2. The molecule has 1 aliphatic rings. The Morgan fingerprint density at radius 3 is 2.50 bits per heavy atom. The van der Waals surface area contributed by atoms with Crippen LogP contribution in [0.2, 0.25) is 0 Å². The minimum absolute atomic E-state index is 0.0379. The van der Waals surface area contributed by atoms with Gasteiger partial charge in [0.2, 0.25) is 0 Å². The Bertz CT molecular complexity index is 1000. The predicted molar refractivity (Wildman–Crippen MR) is 103 cm³/mol. The fraction of sp³-hybridized carbons (Fsp3) is 0.182. The molecular weight excluding hydrogens is 324 g/mol. The second-order valence-electron chi connectivity index (χ2n) is 7.04. The Morgan fingerprint density at radius 1 is 1.00 bits per heavy atom. The van der Waals surface area contributed by atoms with E-state index in [4.69, 9.17) is 4.74 Å². The lowest BCUT2D eigenvalue weighted by Crippen LogP contribution is -2.35. The summed E-state index contributed by atoms with van der Waals surface area (Å²) < 4.78 is 5.84. The van der Waals surface area contributed by atoms with Crippen molar-refractivity contribution in [3.8, 4) is 5.75 Å². The number of aromatic nitrogens is 1. The quantitative estimate of drug-likeness (QED) is 0.775. The highest BCUT2D eigenvalue weighted by atomic mass is 16.5. The number of fused-ring (bicyclic) bond motifs is 1. The summed E-state index contributed by atoms with van der Waals surface area (Å²) in [6.07, 6.45) is 1.96. The maximum absolute atomic E-state index is 12.1. The Hall–Kier alpha value is -3.14. The van der Waals surface area contributed by atoms with Crippen molar-refractivity contribution in [3.05, 3.63) is 78.0 Å². The first-order valence-corrected chi connectivity index (χ1v) is 8.63. The number of pyridine rings is 1. The summed E-state index contributed by atoms with van der Waals surface area (Å²) in [4.78, 5) is 16.7. The van der Waals surface area contributed by atoms with Gasteiger partial charge in [-0.3, -0.25) is 4.79 Å². The van der Waals surface area contributed by atoms with E-state index in [0.29, 0.717) is 12.2 Å². The van der Waals surface area contributed by atoms with Crippen LogP contribution in [0.15, 0.2) is 66.7 Å². The van der Waals surface area contributed by atoms with Crippen LogP contribution in [-0.4, -0.2) is 16.4 Å². The maximum atomic E-state index is 12.1. The first-order valence-electron chi connectivity index (χ1n) is 8.63. The molecule has 2 aromatic carbocycles. The molecule has 1 aromatic heterocycles. The molecule has 130 valence electrons. The molecule has 0 bridgehead atoms. The Labute approximate surface area is 152 Å². The average molecular weight is 344 g/mol. The number of nitrogens with zero attached hydrogens (tertiary/aromatic N) is 1. The van der Waals surface area contributed by atoms with E-state index in [1.165, 1.54) is 0 Å². The van der Waals surface area contributed by atoms with Gasteiger partial charge in [-0.2, -0.15) is 0 Å². The fourth-order valence-electron chi connectivity index (χ4n) is 3.11. The van der Waals surface area contributed by atoms with E-state index < -0.39 is 0 Å². The van der Waals surface area contributed by atoms with Crippen molar-refractivity contribution in [2.45, 2.75) is 26.0 Å². The van der Waals surface area contributed by atoms with Crippen LogP contribution in [0.25, 0.3) is 16.5 Å². The smallest absolute Gasteiger partial charge is 0.252 e. The van der Waals surface area contributed by atoms with Gasteiger partial charge in [-0.25, -0.2) is 4.98 Å². The minimum Gasteiger partial charge on any atom is -0.487 e. The molecule has 4 heteroatoms. The van der Waals surface area contributed by atoms with Crippen LogP contribution >= 0.6 is 0 Å². The van der Waals surface area contributed by atoms with Gasteiger partial charge in [-0.15, -0.1) is 0 Å². The third-order valence-corrected chi connectivity index (χ3v) is 4.39. The van der Waals surface area contributed by atoms with Gasteiger partial charge < -0.3 is 10.1 Å². The van der Waals surface area contributed by atoms with Crippen molar-refractivity contribution >= 4 is 22.4 Å². The van der Waals surface area contributed by atoms with Crippen molar-refractivity contribution in [1.82, 2.24) is 10.3 Å². The van der Waals surface area contributed by atoms with Crippen molar-refractivity contribution < 1.29 is 9.53 Å². The first kappa shape index (κ1) is 16.3. The molecule has 1 amide bonds. The van der Waals surface area contributed by atoms with E-state index in [0.717, 1.165) is 27.9 Å². The molecule has 0 atom stereocenters. The lowest BCUT2D eigenvalue weighted by atomic mass is 10.0. The molecule has 0 fully saturated rings. The molecule has 2 heterocycles. The van der Waals surface area contributed by atoms with Crippen molar-refractivity contribution in [2.24, 2.45) is 0 Å². The lowest BCUT2D eigenvalue weighted by molar-refractivity contribution is -0.115. The third kappa shape index (κ3) is 3.31. The molecule has 4 rings (SSSR count). The van der Waals surface area contributed by atoms with Gasteiger partial charge in [-0.05, 0) is 49.8 Å². The molecule has 0 radical (unpaired) electrons. The zero-order valence-electron chi connectivity index (χ0n) is 14.8. The standard InChI is InChI=1S/C22H20N2O2/c1-22(2)13-19(21(25)24-22)15-8-11-18(12-9-15)26-14-17-10-7-16-5-3-4-6-20(16)23-17/h3-13H,14H2,1-2H3,(H,24,25). The van der Waals surface area contributed by atoms with E-state index in [2.05, 4.69) is 16.4 Å². The van der Waals surface area contributed by atoms with Crippen molar-refractivity contribution in [1.29, 1.82) is 0 Å². The van der Waals surface area contributed by atoms with Crippen LogP contribution in [0.3, 0.4) is 0 Å².